The number of hydrogen-bond donors (Lipinski definition) is 1. The molecule has 1 fully saturated rings. The molecule has 1 aliphatic rings. The largest absolute Gasteiger partial charge is 0.320 e. The lowest BCUT2D eigenvalue weighted by molar-refractivity contribution is 0.237. The van der Waals surface area contributed by atoms with Gasteiger partial charge < -0.3 is 10.2 Å². The number of hydrogen-bond acceptors (Lipinski definition) is 2. The third-order valence-electron chi connectivity index (χ3n) is 3.11. The molecule has 0 saturated heterocycles. The van der Waals surface area contributed by atoms with E-state index in [1.54, 1.807) is 0 Å². The Labute approximate surface area is 82.7 Å². The van der Waals surface area contributed by atoms with Crippen LogP contribution in [0.15, 0.2) is 0 Å². The Bertz CT molecular complexity index is 121. The monoisotopic (exact) mass is 184 g/mol. The van der Waals surface area contributed by atoms with E-state index >= 15 is 0 Å². The van der Waals surface area contributed by atoms with E-state index in [-0.39, 0.29) is 0 Å². The number of nitrogens with one attached hydrogen (secondary N) is 1. The van der Waals surface area contributed by atoms with Gasteiger partial charge in [0.25, 0.3) is 0 Å². The van der Waals surface area contributed by atoms with E-state index < -0.39 is 0 Å². The Balaban J connectivity index is 1.87. The summed E-state index contributed by atoms with van der Waals surface area (Å²) in [6.07, 6.45) is 7.16. The van der Waals surface area contributed by atoms with Crippen molar-refractivity contribution in [3.63, 3.8) is 0 Å². The zero-order valence-corrected chi connectivity index (χ0v) is 9.18. The zero-order chi connectivity index (χ0) is 9.52. The van der Waals surface area contributed by atoms with Gasteiger partial charge in [0.2, 0.25) is 0 Å². The summed E-state index contributed by atoms with van der Waals surface area (Å²) in [5.41, 5.74) is 0. The van der Waals surface area contributed by atoms with E-state index in [2.05, 4.69) is 17.3 Å². The highest BCUT2D eigenvalue weighted by Crippen LogP contribution is 2.29. The minimum absolute atomic E-state index is 1.06. The molecule has 0 unspecified atom stereocenters. The number of rotatable bonds is 7. The molecule has 0 heterocycles. The third-order valence-corrected chi connectivity index (χ3v) is 3.11. The Morgan fingerprint density at radius 1 is 1.31 bits per heavy atom. The lowest BCUT2D eigenvalue weighted by Crippen LogP contribution is -2.26. The van der Waals surface area contributed by atoms with Crippen molar-refractivity contribution in [2.75, 3.05) is 33.7 Å². The second-order valence-electron chi connectivity index (χ2n) is 4.35. The topological polar surface area (TPSA) is 15.3 Å². The van der Waals surface area contributed by atoms with Crippen LogP contribution in [-0.4, -0.2) is 38.6 Å². The van der Waals surface area contributed by atoms with E-state index in [1.165, 1.54) is 45.2 Å². The smallest absolute Gasteiger partial charge is 0.000969 e. The summed E-state index contributed by atoms with van der Waals surface area (Å²) >= 11 is 0. The van der Waals surface area contributed by atoms with Gasteiger partial charge in [-0.1, -0.05) is 19.3 Å². The molecule has 0 aliphatic heterocycles. The van der Waals surface area contributed by atoms with Gasteiger partial charge >= 0.3 is 0 Å². The van der Waals surface area contributed by atoms with Crippen LogP contribution in [0.2, 0.25) is 0 Å². The predicted octanol–water partition coefficient (Wildman–Crippen LogP) is 1.72. The standard InChI is InChI=1S/C11H24N2/c1-12-8-4-9-13(2)10-7-11-5-3-6-11/h11-12H,3-10H2,1-2H3. The van der Waals surface area contributed by atoms with Crippen molar-refractivity contribution in [2.45, 2.75) is 32.1 Å². The summed E-state index contributed by atoms with van der Waals surface area (Å²) < 4.78 is 0. The van der Waals surface area contributed by atoms with E-state index in [4.69, 9.17) is 0 Å². The Hall–Kier alpha value is -0.0800. The molecule has 0 bridgehead atoms. The van der Waals surface area contributed by atoms with E-state index in [0.717, 1.165) is 12.5 Å². The van der Waals surface area contributed by atoms with E-state index in [1.807, 2.05) is 7.05 Å². The molecular formula is C11H24N2. The molecule has 2 heteroatoms. The highest BCUT2D eigenvalue weighted by Gasteiger charge is 2.16. The highest BCUT2D eigenvalue weighted by atomic mass is 15.1. The van der Waals surface area contributed by atoms with Gasteiger partial charge in [0.05, 0.1) is 0 Å². The summed E-state index contributed by atoms with van der Waals surface area (Å²) in [6.45, 7) is 3.69. The van der Waals surface area contributed by atoms with Crippen molar-refractivity contribution >= 4 is 0 Å². The molecule has 2 nitrogen and oxygen atoms in total. The van der Waals surface area contributed by atoms with Crippen molar-refractivity contribution < 1.29 is 0 Å². The van der Waals surface area contributed by atoms with Crippen LogP contribution >= 0.6 is 0 Å². The fourth-order valence-electron chi connectivity index (χ4n) is 1.82. The average molecular weight is 184 g/mol. The molecule has 1 aliphatic carbocycles. The van der Waals surface area contributed by atoms with Crippen molar-refractivity contribution in [2.24, 2.45) is 5.92 Å². The van der Waals surface area contributed by atoms with Crippen LogP contribution in [0.1, 0.15) is 32.1 Å². The molecule has 0 atom stereocenters. The molecular weight excluding hydrogens is 160 g/mol. The molecule has 0 amide bonds. The molecule has 13 heavy (non-hydrogen) atoms. The lowest BCUT2D eigenvalue weighted by Gasteiger charge is -2.27. The first-order valence-corrected chi connectivity index (χ1v) is 5.66. The fraction of sp³-hybridized carbons (Fsp3) is 1.00. The minimum Gasteiger partial charge on any atom is -0.320 e. The highest BCUT2D eigenvalue weighted by molar-refractivity contribution is 4.70. The Kier molecular flexibility index (Phi) is 5.40. The van der Waals surface area contributed by atoms with Gasteiger partial charge in [-0.25, -0.2) is 0 Å². The summed E-state index contributed by atoms with van der Waals surface area (Å²) in [6, 6.07) is 0. The van der Waals surface area contributed by atoms with Gasteiger partial charge in [-0.05, 0) is 52.5 Å². The van der Waals surface area contributed by atoms with Gasteiger partial charge in [0, 0.05) is 0 Å². The van der Waals surface area contributed by atoms with Gasteiger partial charge in [0.1, 0.15) is 0 Å². The normalized spacial score (nSPS) is 17.8. The zero-order valence-electron chi connectivity index (χ0n) is 9.18. The van der Waals surface area contributed by atoms with E-state index in [9.17, 15) is 0 Å². The quantitative estimate of drug-likeness (QED) is 0.606. The van der Waals surface area contributed by atoms with Crippen LogP contribution in [0.25, 0.3) is 0 Å². The molecule has 0 radical (unpaired) electrons. The third kappa shape index (κ3) is 4.63. The summed E-state index contributed by atoms with van der Waals surface area (Å²) in [7, 11) is 4.27. The first kappa shape index (κ1) is 11.0. The molecule has 1 N–H and O–H groups in total. The van der Waals surface area contributed by atoms with Crippen molar-refractivity contribution in [3.05, 3.63) is 0 Å². The summed E-state index contributed by atoms with van der Waals surface area (Å²) in [5.74, 6) is 1.06. The van der Waals surface area contributed by atoms with Crippen molar-refractivity contribution in [1.29, 1.82) is 0 Å². The molecule has 1 saturated carbocycles. The van der Waals surface area contributed by atoms with Crippen LogP contribution in [0.3, 0.4) is 0 Å². The van der Waals surface area contributed by atoms with Crippen LogP contribution in [0, 0.1) is 5.92 Å². The Morgan fingerprint density at radius 2 is 2.08 bits per heavy atom. The minimum atomic E-state index is 1.06. The maximum Gasteiger partial charge on any atom is -0.000969 e. The maximum absolute atomic E-state index is 3.18. The van der Waals surface area contributed by atoms with Crippen molar-refractivity contribution in [3.8, 4) is 0 Å². The summed E-state index contributed by atoms with van der Waals surface area (Å²) in [4.78, 5) is 2.47. The van der Waals surface area contributed by atoms with Gasteiger partial charge in [0.15, 0.2) is 0 Å². The number of nitrogens with zero attached hydrogens (tertiary/aromatic N) is 1. The molecule has 0 aromatic carbocycles. The van der Waals surface area contributed by atoms with Crippen LogP contribution in [-0.2, 0) is 0 Å². The molecule has 0 spiro atoms. The Morgan fingerprint density at radius 3 is 2.62 bits per heavy atom. The first-order chi connectivity index (χ1) is 6.33. The van der Waals surface area contributed by atoms with Crippen LogP contribution in [0.4, 0.5) is 0 Å². The second kappa shape index (κ2) is 6.39. The molecule has 78 valence electrons. The van der Waals surface area contributed by atoms with Gasteiger partial charge in [-0.15, -0.1) is 0 Å². The van der Waals surface area contributed by atoms with Gasteiger partial charge in [-0.2, -0.15) is 0 Å². The fourth-order valence-corrected chi connectivity index (χ4v) is 1.82. The first-order valence-electron chi connectivity index (χ1n) is 5.66. The van der Waals surface area contributed by atoms with Crippen molar-refractivity contribution in [1.82, 2.24) is 10.2 Å². The maximum atomic E-state index is 3.18. The second-order valence-corrected chi connectivity index (χ2v) is 4.35. The molecule has 0 aromatic heterocycles. The SMILES string of the molecule is CNCCCN(C)CCC1CCC1. The molecule has 0 aromatic rings. The predicted molar refractivity (Wildman–Crippen MR) is 58.0 cm³/mol. The van der Waals surface area contributed by atoms with Crippen LogP contribution < -0.4 is 5.32 Å². The average Bonchev–Trinajstić information content (AvgIpc) is 2.02. The lowest BCUT2D eigenvalue weighted by atomic mass is 9.83. The van der Waals surface area contributed by atoms with Crippen LogP contribution in [0.5, 0.6) is 0 Å². The molecule has 1 rings (SSSR count). The summed E-state index contributed by atoms with van der Waals surface area (Å²) in [5, 5.41) is 3.18. The van der Waals surface area contributed by atoms with E-state index in [0.29, 0.717) is 0 Å². The van der Waals surface area contributed by atoms with Gasteiger partial charge in [-0.3, -0.25) is 0 Å².